The van der Waals surface area contributed by atoms with Gasteiger partial charge in [0.15, 0.2) is 0 Å². The second-order valence-electron chi connectivity index (χ2n) is 0.598. The van der Waals surface area contributed by atoms with Crippen molar-refractivity contribution < 1.29 is 27.0 Å². The van der Waals surface area contributed by atoms with E-state index in [2.05, 4.69) is 5.73 Å². The Kier molecular flexibility index (Phi) is 21.3. The second-order valence-corrected chi connectivity index (χ2v) is 0.598. The number of rotatable bonds is 1. The molecule has 0 bridgehead atoms. The Morgan fingerprint density at radius 3 is 1.86 bits per heavy atom. The molecule has 0 aromatic heterocycles. The number of halogens is 1. The topological polar surface area (TPSA) is 63.3 Å². The molecule has 1 radical (unpaired) electrons. The molecule has 5 heteroatoms. The molecule has 0 aliphatic heterocycles. The number of aliphatic carboxylic acids is 1. The second kappa shape index (κ2) is 9.53. The van der Waals surface area contributed by atoms with Crippen LogP contribution in [0.1, 0.15) is 0 Å². The first-order valence-electron chi connectivity index (χ1n) is 1.19. The van der Waals surface area contributed by atoms with E-state index in [0.717, 1.165) is 0 Å². The van der Waals surface area contributed by atoms with Gasteiger partial charge >= 0.3 is 5.97 Å². The van der Waals surface area contributed by atoms with Crippen LogP contribution in [0, 0.1) is 0 Å². The predicted octanol–water partition coefficient (Wildman–Crippen LogP) is -0.551. The maximum atomic E-state index is 9.24. The number of carbonyl (C=O) groups is 1. The average molecular weight is 175 g/mol. The first kappa shape index (κ1) is 15.7. The van der Waals surface area contributed by atoms with Gasteiger partial charge < -0.3 is 10.8 Å². The molecule has 0 aromatic rings. The molecule has 7 heavy (non-hydrogen) atoms. The van der Waals surface area contributed by atoms with E-state index in [0.29, 0.717) is 0 Å². The minimum atomic E-state index is -0.968. The number of carboxylic acid groups (broad SMARTS) is 1. The van der Waals surface area contributed by atoms with E-state index < -0.39 is 5.97 Å². The fraction of sp³-hybridized carbons (Fsp3) is 0.500. The SMILES string of the molecule is Cl.NCC(=O)O.[Cu]. The third-order valence-corrected chi connectivity index (χ3v) is 0.175. The number of hydrogen-bond acceptors (Lipinski definition) is 2. The van der Waals surface area contributed by atoms with Crippen LogP contribution in [0.5, 0.6) is 0 Å². The van der Waals surface area contributed by atoms with Gasteiger partial charge in [0.1, 0.15) is 0 Å². The quantitative estimate of drug-likeness (QED) is 0.525. The fourth-order valence-corrected chi connectivity index (χ4v) is 0. The van der Waals surface area contributed by atoms with Crippen molar-refractivity contribution in [3.8, 4) is 0 Å². The van der Waals surface area contributed by atoms with Gasteiger partial charge in [-0.05, 0) is 0 Å². The van der Waals surface area contributed by atoms with Gasteiger partial charge in [-0.1, -0.05) is 0 Å². The van der Waals surface area contributed by atoms with Gasteiger partial charge in [0, 0.05) is 17.1 Å². The molecule has 0 atom stereocenters. The van der Waals surface area contributed by atoms with Crippen LogP contribution >= 0.6 is 12.4 Å². The van der Waals surface area contributed by atoms with Crippen molar-refractivity contribution in [3.05, 3.63) is 0 Å². The predicted molar refractivity (Wildman–Crippen MR) is 23.9 cm³/mol. The smallest absolute Gasteiger partial charge is 0.317 e. The number of nitrogens with two attached hydrogens (primary N) is 1. The normalized spacial score (nSPS) is 5.29. The molecular formula is C2H6ClCuNO2. The van der Waals surface area contributed by atoms with Gasteiger partial charge in [-0.2, -0.15) is 0 Å². The molecule has 3 nitrogen and oxygen atoms in total. The zero-order valence-corrected chi connectivity index (χ0v) is 5.11. The van der Waals surface area contributed by atoms with E-state index >= 15 is 0 Å². The van der Waals surface area contributed by atoms with Crippen molar-refractivity contribution in [2.24, 2.45) is 5.73 Å². The first-order valence-corrected chi connectivity index (χ1v) is 1.19. The number of hydrogen-bond donors (Lipinski definition) is 2. The molecule has 0 saturated heterocycles. The summed E-state index contributed by atoms with van der Waals surface area (Å²) < 4.78 is 0. The van der Waals surface area contributed by atoms with E-state index in [9.17, 15) is 4.79 Å². The minimum absolute atomic E-state index is 0. The van der Waals surface area contributed by atoms with Gasteiger partial charge in [0.25, 0.3) is 0 Å². The maximum absolute atomic E-state index is 9.24. The van der Waals surface area contributed by atoms with Crippen molar-refractivity contribution in [2.45, 2.75) is 0 Å². The molecule has 0 amide bonds. The van der Waals surface area contributed by atoms with Crippen LogP contribution in [0.4, 0.5) is 0 Å². The Morgan fingerprint density at radius 1 is 1.71 bits per heavy atom. The standard InChI is InChI=1S/C2H5NO2.ClH.Cu/c3-1-2(4)5;;/h1,3H2,(H,4,5);1H;. The van der Waals surface area contributed by atoms with Crippen molar-refractivity contribution in [3.63, 3.8) is 0 Å². The summed E-state index contributed by atoms with van der Waals surface area (Å²) in [6.07, 6.45) is 0. The first-order chi connectivity index (χ1) is 2.27. The third kappa shape index (κ3) is 22.4. The molecule has 0 aromatic carbocycles. The zero-order valence-electron chi connectivity index (χ0n) is 3.35. The van der Waals surface area contributed by atoms with Crippen molar-refractivity contribution in [1.82, 2.24) is 0 Å². The Balaban J connectivity index is -0.0000000800. The van der Waals surface area contributed by atoms with Crippen LogP contribution in [0.15, 0.2) is 0 Å². The maximum Gasteiger partial charge on any atom is 0.317 e. The third-order valence-electron chi connectivity index (χ3n) is 0.175. The molecule has 0 aliphatic carbocycles. The molecular weight excluding hydrogens is 169 g/mol. The molecule has 0 rings (SSSR count). The molecule has 0 heterocycles. The van der Waals surface area contributed by atoms with E-state index in [-0.39, 0.29) is 36.0 Å². The summed E-state index contributed by atoms with van der Waals surface area (Å²) in [5, 5.41) is 7.60. The van der Waals surface area contributed by atoms with Crippen molar-refractivity contribution >= 4 is 18.4 Å². The van der Waals surface area contributed by atoms with Gasteiger partial charge in [0.2, 0.25) is 0 Å². The molecule has 0 fully saturated rings. The Hall–Kier alpha value is 0.239. The summed E-state index contributed by atoms with van der Waals surface area (Å²) >= 11 is 0. The Morgan fingerprint density at radius 2 is 1.86 bits per heavy atom. The van der Waals surface area contributed by atoms with E-state index in [4.69, 9.17) is 5.11 Å². The van der Waals surface area contributed by atoms with Crippen LogP contribution in [-0.2, 0) is 21.9 Å². The van der Waals surface area contributed by atoms with Gasteiger partial charge in [0.05, 0.1) is 6.54 Å². The van der Waals surface area contributed by atoms with Gasteiger partial charge in [-0.15, -0.1) is 12.4 Å². The summed E-state index contributed by atoms with van der Waals surface area (Å²) in [5.74, 6) is -0.968. The molecule has 0 saturated carbocycles. The van der Waals surface area contributed by atoms with E-state index in [1.54, 1.807) is 0 Å². The van der Waals surface area contributed by atoms with Crippen molar-refractivity contribution in [2.75, 3.05) is 6.54 Å². The molecule has 0 aliphatic rings. The van der Waals surface area contributed by atoms with Gasteiger partial charge in [-0.25, -0.2) is 0 Å². The average Bonchev–Trinajstić information content (AvgIpc) is 1.38. The number of carboxylic acids is 1. The van der Waals surface area contributed by atoms with Crippen LogP contribution < -0.4 is 5.73 Å². The monoisotopic (exact) mass is 174 g/mol. The molecule has 3 N–H and O–H groups in total. The Bertz CT molecular complexity index is 51.0. The molecule has 49 valence electrons. The fourth-order valence-electron chi connectivity index (χ4n) is 0. The van der Waals surface area contributed by atoms with Gasteiger partial charge in [-0.3, -0.25) is 4.79 Å². The van der Waals surface area contributed by atoms with Crippen LogP contribution in [0.2, 0.25) is 0 Å². The molecule has 0 unspecified atom stereocenters. The van der Waals surface area contributed by atoms with E-state index in [1.165, 1.54) is 0 Å². The van der Waals surface area contributed by atoms with Crippen LogP contribution in [0.25, 0.3) is 0 Å². The van der Waals surface area contributed by atoms with Crippen molar-refractivity contribution in [1.29, 1.82) is 0 Å². The summed E-state index contributed by atoms with van der Waals surface area (Å²) in [4.78, 5) is 9.24. The van der Waals surface area contributed by atoms with Crippen LogP contribution in [0.3, 0.4) is 0 Å². The zero-order chi connectivity index (χ0) is 4.28. The summed E-state index contributed by atoms with van der Waals surface area (Å²) in [6.45, 7) is -0.278. The van der Waals surface area contributed by atoms with E-state index in [1.807, 2.05) is 0 Å². The minimum Gasteiger partial charge on any atom is -0.480 e. The summed E-state index contributed by atoms with van der Waals surface area (Å²) in [5.41, 5.74) is 4.57. The Labute approximate surface area is 58.1 Å². The summed E-state index contributed by atoms with van der Waals surface area (Å²) in [7, 11) is 0. The molecule has 0 spiro atoms. The van der Waals surface area contributed by atoms with Crippen LogP contribution in [-0.4, -0.2) is 17.6 Å². The summed E-state index contributed by atoms with van der Waals surface area (Å²) in [6, 6.07) is 0. The largest absolute Gasteiger partial charge is 0.480 e.